The van der Waals surface area contributed by atoms with Gasteiger partial charge in [-0.1, -0.05) is 0 Å². The Labute approximate surface area is 205 Å². The molecule has 0 saturated heterocycles. The third-order valence-corrected chi connectivity index (χ3v) is 5.20. The lowest BCUT2D eigenvalue weighted by Gasteiger charge is -2.15. The summed E-state index contributed by atoms with van der Waals surface area (Å²) in [7, 11) is 3.07. The highest BCUT2D eigenvalue weighted by molar-refractivity contribution is 6.50. The number of nitrogens with zero attached hydrogens (tertiary/aromatic N) is 3. The number of hydrogen-bond acceptors (Lipinski definition) is 10. The number of aliphatic imine (C=N–C) groups is 1. The van der Waals surface area contributed by atoms with E-state index in [-0.39, 0.29) is 29.5 Å². The quantitative estimate of drug-likeness (QED) is 0.445. The number of ether oxygens (including phenoxy) is 4. The zero-order valence-electron chi connectivity index (χ0n) is 19.5. The number of primary amides is 1. The van der Waals surface area contributed by atoms with Crippen LogP contribution in [0.2, 0.25) is 0 Å². The van der Waals surface area contributed by atoms with E-state index in [9.17, 15) is 14.4 Å². The second-order valence-corrected chi connectivity index (χ2v) is 7.58. The molecule has 11 heteroatoms. The van der Waals surface area contributed by atoms with Crippen LogP contribution in [-0.2, 0) is 14.3 Å². The number of aromatic nitrogens is 2. The largest absolute Gasteiger partial charge is 0.493 e. The average Bonchev–Trinajstić information content (AvgIpc) is 2.87. The predicted octanol–water partition coefficient (Wildman–Crippen LogP) is 2.34. The first kappa shape index (κ1) is 24.5. The van der Waals surface area contributed by atoms with Crippen LogP contribution < -0.4 is 19.9 Å². The summed E-state index contributed by atoms with van der Waals surface area (Å²) in [5.41, 5.74) is 6.04. The Balaban J connectivity index is 1.60. The molecule has 4 rings (SSSR count). The van der Waals surface area contributed by atoms with Crippen LogP contribution in [-0.4, -0.2) is 60.6 Å². The molecule has 1 heterocycles. The minimum absolute atomic E-state index is 0.0100. The van der Waals surface area contributed by atoms with Gasteiger partial charge in [0.25, 0.3) is 0 Å². The van der Waals surface area contributed by atoms with E-state index in [4.69, 9.17) is 24.7 Å². The van der Waals surface area contributed by atoms with Gasteiger partial charge >= 0.3 is 0 Å². The molecule has 1 aromatic heterocycles. The van der Waals surface area contributed by atoms with Crippen LogP contribution in [0.15, 0.2) is 59.6 Å². The molecule has 2 N–H and O–H groups in total. The molecular formula is C25H22N4O7. The molecular weight excluding hydrogens is 468 g/mol. The van der Waals surface area contributed by atoms with Crippen LogP contribution in [0.3, 0.4) is 0 Å². The fraction of sp³-hybridized carbons (Fsp3) is 0.200. The van der Waals surface area contributed by atoms with E-state index in [1.165, 1.54) is 37.7 Å². The van der Waals surface area contributed by atoms with Gasteiger partial charge in [0.1, 0.15) is 18.7 Å². The second-order valence-electron chi connectivity index (χ2n) is 7.58. The standard InChI is InChI=1S/C25H22N4O7/c1-33-7-8-35-23-11-17-16(9-22(23)34-2)25(28-13-27-17)29-18-10-20(31)21(12-19(18)30)36-15-5-3-14(4-6-15)24(26)32/h3-6,9,11-13H,7-8,10H2,1-2H3,(H2,26,32). The number of ketones is 2. The van der Waals surface area contributed by atoms with Crippen molar-refractivity contribution in [3.63, 3.8) is 0 Å². The summed E-state index contributed by atoms with van der Waals surface area (Å²) < 4.78 is 21.6. The van der Waals surface area contributed by atoms with Gasteiger partial charge in [-0.05, 0) is 30.3 Å². The number of hydrogen-bond donors (Lipinski definition) is 1. The lowest BCUT2D eigenvalue weighted by Crippen LogP contribution is -2.26. The van der Waals surface area contributed by atoms with Crippen molar-refractivity contribution in [2.24, 2.45) is 10.7 Å². The molecule has 36 heavy (non-hydrogen) atoms. The van der Waals surface area contributed by atoms with Gasteiger partial charge in [0.05, 0.1) is 31.4 Å². The van der Waals surface area contributed by atoms with Crippen molar-refractivity contribution >= 4 is 39.9 Å². The third kappa shape index (κ3) is 5.36. The molecule has 0 radical (unpaired) electrons. The Kier molecular flexibility index (Phi) is 7.31. The van der Waals surface area contributed by atoms with E-state index in [1.807, 2.05) is 0 Å². The maximum Gasteiger partial charge on any atom is 0.248 e. The average molecular weight is 490 g/mol. The molecule has 1 aliphatic carbocycles. The van der Waals surface area contributed by atoms with Gasteiger partial charge in [0, 0.05) is 30.2 Å². The van der Waals surface area contributed by atoms with Gasteiger partial charge in [0.2, 0.25) is 17.5 Å². The van der Waals surface area contributed by atoms with E-state index >= 15 is 0 Å². The third-order valence-electron chi connectivity index (χ3n) is 5.20. The number of methoxy groups -OCH3 is 2. The highest BCUT2D eigenvalue weighted by Crippen LogP contribution is 2.35. The molecule has 0 bridgehead atoms. The minimum Gasteiger partial charge on any atom is -0.493 e. The van der Waals surface area contributed by atoms with Crippen molar-refractivity contribution < 1.29 is 33.3 Å². The monoisotopic (exact) mass is 490 g/mol. The van der Waals surface area contributed by atoms with Crippen LogP contribution >= 0.6 is 0 Å². The molecule has 0 saturated carbocycles. The highest BCUT2D eigenvalue weighted by atomic mass is 16.5. The van der Waals surface area contributed by atoms with Crippen molar-refractivity contribution in [3.05, 3.63) is 60.1 Å². The van der Waals surface area contributed by atoms with Crippen LogP contribution in [0.25, 0.3) is 10.9 Å². The number of nitrogens with two attached hydrogens (primary N) is 1. The number of Topliss-reactive ketones (excluding diaryl/α,β-unsaturated/α-hetero) is 1. The number of carbonyl (C=O) groups excluding carboxylic acids is 3. The number of benzene rings is 2. The van der Waals surface area contributed by atoms with Crippen LogP contribution in [0.1, 0.15) is 16.8 Å². The van der Waals surface area contributed by atoms with Gasteiger partial charge in [-0.2, -0.15) is 0 Å². The van der Waals surface area contributed by atoms with Gasteiger partial charge in [-0.25, -0.2) is 15.0 Å². The smallest absolute Gasteiger partial charge is 0.248 e. The van der Waals surface area contributed by atoms with Crippen molar-refractivity contribution in [1.29, 1.82) is 0 Å². The van der Waals surface area contributed by atoms with E-state index < -0.39 is 17.5 Å². The Hall–Kier alpha value is -4.64. The van der Waals surface area contributed by atoms with E-state index in [2.05, 4.69) is 15.0 Å². The number of carbonyl (C=O) groups is 3. The minimum atomic E-state index is -0.588. The number of fused-ring (bicyclic) bond motifs is 1. The number of allylic oxidation sites excluding steroid dienone is 2. The molecule has 0 fully saturated rings. The van der Waals surface area contributed by atoms with Crippen molar-refractivity contribution in [2.75, 3.05) is 27.4 Å². The summed E-state index contributed by atoms with van der Waals surface area (Å²) in [6.45, 7) is 0.721. The maximum atomic E-state index is 12.7. The second kappa shape index (κ2) is 10.7. The molecule has 0 spiro atoms. The van der Waals surface area contributed by atoms with Gasteiger partial charge < -0.3 is 24.7 Å². The van der Waals surface area contributed by atoms with Crippen molar-refractivity contribution in [1.82, 2.24) is 9.97 Å². The fourth-order valence-electron chi connectivity index (χ4n) is 3.38. The first-order valence-electron chi connectivity index (χ1n) is 10.8. The molecule has 0 unspecified atom stereocenters. The Morgan fingerprint density at radius 1 is 1.06 bits per heavy atom. The summed E-state index contributed by atoms with van der Waals surface area (Å²) in [6, 6.07) is 9.22. The van der Waals surface area contributed by atoms with Crippen LogP contribution in [0, 0.1) is 0 Å². The molecule has 1 amide bonds. The molecule has 3 aromatic rings. The lowest BCUT2D eigenvalue weighted by molar-refractivity contribution is -0.118. The first-order chi connectivity index (χ1) is 17.4. The fourth-order valence-corrected chi connectivity index (χ4v) is 3.38. The highest BCUT2D eigenvalue weighted by Gasteiger charge is 2.27. The van der Waals surface area contributed by atoms with E-state index in [0.717, 1.165) is 6.08 Å². The zero-order valence-corrected chi connectivity index (χ0v) is 19.5. The Bertz CT molecular complexity index is 1400. The topological polar surface area (TPSA) is 152 Å². The summed E-state index contributed by atoms with van der Waals surface area (Å²) in [4.78, 5) is 49.4. The SMILES string of the molecule is COCCOc1cc2ncnc(N=C3CC(=O)C(Oc4ccc(C(N)=O)cc4)=CC3=O)c2cc1OC. The summed E-state index contributed by atoms with van der Waals surface area (Å²) in [5, 5.41) is 0.516. The number of rotatable bonds is 9. The maximum absolute atomic E-state index is 12.7. The zero-order chi connectivity index (χ0) is 25.7. The lowest BCUT2D eigenvalue weighted by atomic mass is 10.0. The first-order valence-corrected chi connectivity index (χ1v) is 10.8. The summed E-state index contributed by atoms with van der Waals surface area (Å²) in [6.07, 6.45) is 2.12. The van der Waals surface area contributed by atoms with Crippen molar-refractivity contribution in [2.45, 2.75) is 6.42 Å². The van der Waals surface area contributed by atoms with E-state index in [1.54, 1.807) is 19.2 Å². The summed E-state index contributed by atoms with van der Waals surface area (Å²) >= 11 is 0. The van der Waals surface area contributed by atoms with Crippen molar-refractivity contribution in [3.8, 4) is 17.2 Å². The predicted molar refractivity (Wildman–Crippen MR) is 129 cm³/mol. The van der Waals surface area contributed by atoms with Gasteiger partial charge in [-0.15, -0.1) is 0 Å². The van der Waals surface area contributed by atoms with E-state index in [0.29, 0.717) is 41.2 Å². The Morgan fingerprint density at radius 2 is 1.83 bits per heavy atom. The molecule has 0 atom stereocenters. The molecule has 0 aliphatic heterocycles. The molecule has 2 aromatic carbocycles. The van der Waals surface area contributed by atoms with Crippen LogP contribution in [0.4, 0.5) is 5.82 Å². The van der Waals surface area contributed by atoms with Crippen LogP contribution in [0.5, 0.6) is 17.2 Å². The van der Waals surface area contributed by atoms with Gasteiger partial charge in [-0.3, -0.25) is 14.4 Å². The Morgan fingerprint density at radius 3 is 2.53 bits per heavy atom. The number of amides is 1. The summed E-state index contributed by atoms with van der Waals surface area (Å²) in [5.74, 6) is -0.250. The molecule has 1 aliphatic rings. The molecule has 11 nitrogen and oxygen atoms in total. The van der Waals surface area contributed by atoms with Gasteiger partial charge in [0.15, 0.2) is 23.1 Å². The molecule has 184 valence electrons. The normalized spacial score (nSPS) is 14.6.